The number of Topliss-reactive ketones (excluding diaryl/α,β-unsaturated/α-hetero) is 1. The molecule has 0 radical (unpaired) electrons. The quantitative estimate of drug-likeness (QED) is 0.258. The molecule has 3 unspecified atom stereocenters. The van der Waals surface area contributed by atoms with Gasteiger partial charge in [-0.05, 0) is 48.9 Å². The molecule has 10 nitrogen and oxygen atoms in total. The van der Waals surface area contributed by atoms with Crippen LogP contribution in [0.1, 0.15) is 79.6 Å². The summed E-state index contributed by atoms with van der Waals surface area (Å²) in [7, 11) is 1.43. The summed E-state index contributed by atoms with van der Waals surface area (Å²) in [4.78, 5) is 53.0. The van der Waals surface area contributed by atoms with Gasteiger partial charge in [-0.15, -0.1) is 0 Å². The number of halogens is 3. The summed E-state index contributed by atoms with van der Waals surface area (Å²) in [5.41, 5.74) is 2.38. The van der Waals surface area contributed by atoms with Gasteiger partial charge in [0.15, 0.2) is 0 Å². The van der Waals surface area contributed by atoms with Crippen LogP contribution in [0.25, 0.3) is 0 Å². The van der Waals surface area contributed by atoms with Crippen LogP contribution in [0.15, 0.2) is 0 Å². The molecule has 1 aliphatic heterocycles. The van der Waals surface area contributed by atoms with Gasteiger partial charge in [0, 0.05) is 13.7 Å². The highest BCUT2D eigenvalue weighted by molar-refractivity contribution is 6.37. The lowest BCUT2D eigenvalue weighted by Gasteiger charge is -2.43. The van der Waals surface area contributed by atoms with E-state index >= 15 is 0 Å². The molecule has 3 rings (SSSR count). The Morgan fingerprint density at radius 2 is 1.66 bits per heavy atom. The molecule has 0 bridgehead atoms. The number of hydrogen-bond acceptors (Lipinski definition) is 6. The predicted molar refractivity (Wildman–Crippen MR) is 145 cm³/mol. The van der Waals surface area contributed by atoms with Crippen LogP contribution < -0.4 is 21.7 Å². The van der Waals surface area contributed by atoms with Crippen molar-refractivity contribution < 1.29 is 37.1 Å². The van der Waals surface area contributed by atoms with Crippen molar-refractivity contribution in [2.24, 2.45) is 28.9 Å². The largest absolute Gasteiger partial charge is 0.411 e. The van der Waals surface area contributed by atoms with Crippen LogP contribution in [0.5, 0.6) is 0 Å². The second-order valence-corrected chi connectivity index (χ2v) is 13.3. The molecule has 3 aliphatic rings. The van der Waals surface area contributed by atoms with Gasteiger partial charge in [-0.1, -0.05) is 53.9 Å². The van der Waals surface area contributed by atoms with Gasteiger partial charge in [0.05, 0.1) is 18.1 Å². The number of ketones is 1. The Labute approximate surface area is 240 Å². The maximum atomic E-state index is 13.9. The molecule has 0 aromatic heterocycles. The van der Waals surface area contributed by atoms with E-state index in [-0.39, 0.29) is 30.6 Å². The van der Waals surface area contributed by atoms with Gasteiger partial charge in [-0.25, -0.2) is 4.79 Å². The number of likely N-dealkylation sites (tertiary alicyclic amines) is 1. The number of nitrogens with zero attached hydrogens (tertiary/aromatic N) is 1. The normalized spacial score (nSPS) is 25.1. The summed E-state index contributed by atoms with van der Waals surface area (Å²) in [6.07, 6.45) is -2.03. The summed E-state index contributed by atoms with van der Waals surface area (Å²) in [6.45, 7) is 9.86. The molecule has 2 aliphatic carbocycles. The minimum Gasteiger partial charge on any atom is -0.364 e. The van der Waals surface area contributed by atoms with Crippen molar-refractivity contribution in [3.8, 4) is 0 Å². The van der Waals surface area contributed by atoms with Crippen LogP contribution in [0.2, 0.25) is 0 Å². The van der Waals surface area contributed by atoms with Crippen molar-refractivity contribution in [2.75, 3.05) is 13.7 Å². The Morgan fingerprint density at radius 1 is 1.05 bits per heavy atom. The van der Waals surface area contributed by atoms with Gasteiger partial charge in [0.25, 0.3) is 5.91 Å². The second kappa shape index (κ2) is 12.4. The van der Waals surface area contributed by atoms with Crippen LogP contribution in [0.4, 0.5) is 18.0 Å². The van der Waals surface area contributed by atoms with E-state index in [0.717, 1.165) is 19.3 Å². The maximum Gasteiger partial charge on any atom is 0.411 e. The standard InChI is InChI=1S/C28H46F3N5O5/c1-15(2)17-10-13-36(19(17)23(39)33-18(20(37)22(32)38)14-16-8-7-9-16)24(41-6)21(26(3,4)5)34-25(40)35-27(11-12-27)28(29,30)31/h15-19,21,24H,7-14H2,1-6H3,(H2,32,38)(H,33,39)(H2,34,35,40)/t17?,18?,19-,21+,24?/m0/s1. The van der Waals surface area contributed by atoms with Crippen LogP contribution in [-0.2, 0) is 19.1 Å². The molecule has 0 spiro atoms. The van der Waals surface area contributed by atoms with Gasteiger partial charge in [0.2, 0.25) is 11.7 Å². The van der Waals surface area contributed by atoms with E-state index in [2.05, 4.69) is 16.0 Å². The Morgan fingerprint density at radius 3 is 2.07 bits per heavy atom. The van der Waals surface area contributed by atoms with Crippen molar-refractivity contribution in [1.29, 1.82) is 0 Å². The monoisotopic (exact) mass is 589 g/mol. The summed E-state index contributed by atoms with van der Waals surface area (Å²) in [5, 5.41) is 7.61. The van der Waals surface area contributed by atoms with E-state index in [0.29, 0.717) is 19.4 Å². The molecule has 5 N–H and O–H groups in total. The van der Waals surface area contributed by atoms with Crippen LogP contribution in [-0.4, -0.2) is 78.3 Å². The molecule has 4 amide bonds. The zero-order chi connectivity index (χ0) is 30.9. The molecular weight excluding hydrogens is 543 g/mol. The number of nitrogens with one attached hydrogen (secondary N) is 3. The number of amides is 4. The lowest BCUT2D eigenvalue weighted by atomic mass is 9.80. The molecule has 2 saturated carbocycles. The van der Waals surface area contributed by atoms with Crippen molar-refractivity contribution in [3.63, 3.8) is 0 Å². The average molecular weight is 590 g/mol. The molecule has 1 saturated heterocycles. The first-order valence-electron chi connectivity index (χ1n) is 14.5. The van der Waals surface area contributed by atoms with Gasteiger partial charge in [-0.3, -0.25) is 19.3 Å². The van der Waals surface area contributed by atoms with E-state index in [1.165, 1.54) is 7.11 Å². The van der Waals surface area contributed by atoms with E-state index < -0.39 is 65.1 Å². The third kappa shape index (κ3) is 7.52. The number of ether oxygens (including phenoxy) is 1. The highest BCUT2D eigenvalue weighted by Gasteiger charge is 2.64. The summed E-state index contributed by atoms with van der Waals surface area (Å²) < 4.78 is 46.4. The molecular formula is C28H46F3N5O5. The first kappa shape index (κ1) is 33.1. The van der Waals surface area contributed by atoms with Crippen molar-refractivity contribution >= 4 is 23.6 Å². The Balaban J connectivity index is 1.86. The zero-order valence-corrected chi connectivity index (χ0v) is 24.9. The van der Waals surface area contributed by atoms with Gasteiger partial charge in [0.1, 0.15) is 11.8 Å². The maximum absolute atomic E-state index is 13.9. The van der Waals surface area contributed by atoms with Crippen LogP contribution >= 0.6 is 0 Å². The van der Waals surface area contributed by atoms with Crippen LogP contribution in [0, 0.1) is 23.2 Å². The van der Waals surface area contributed by atoms with Crippen LogP contribution in [0.3, 0.4) is 0 Å². The average Bonchev–Trinajstić information content (AvgIpc) is 3.48. The third-order valence-electron chi connectivity index (χ3n) is 9.00. The van der Waals surface area contributed by atoms with E-state index in [9.17, 15) is 32.3 Å². The zero-order valence-electron chi connectivity index (χ0n) is 24.9. The van der Waals surface area contributed by atoms with Crippen molar-refractivity contribution in [2.45, 2.75) is 116 Å². The first-order chi connectivity index (χ1) is 18.9. The summed E-state index contributed by atoms with van der Waals surface area (Å²) in [6, 6.07) is -3.59. The van der Waals surface area contributed by atoms with E-state index in [1.807, 2.05) is 39.5 Å². The van der Waals surface area contributed by atoms with Gasteiger partial charge >= 0.3 is 12.2 Å². The Bertz CT molecular complexity index is 991. The molecule has 5 atom stereocenters. The molecule has 13 heteroatoms. The fourth-order valence-electron chi connectivity index (χ4n) is 6.07. The summed E-state index contributed by atoms with van der Waals surface area (Å²) >= 11 is 0. The molecule has 0 aromatic rings. The molecule has 41 heavy (non-hydrogen) atoms. The van der Waals surface area contributed by atoms with E-state index in [4.69, 9.17) is 10.5 Å². The van der Waals surface area contributed by atoms with Gasteiger partial charge in [-0.2, -0.15) is 13.2 Å². The fourth-order valence-corrected chi connectivity index (χ4v) is 6.07. The SMILES string of the molecule is COC([C@@H](NC(=O)NC1(C(F)(F)F)CC1)C(C)(C)C)N1CCC(C(C)C)[C@H]1C(=O)NC(CC1CCC1)C(=O)C(N)=O. The molecule has 1 heterocycles. The predicted octanol–water partition coefficient (Wildman–Crippen LogP) is 2.84. The number of methoxy groups -OCH3 is 1. The lowest BCUT2D eigenvalue weighted by molar-refractivity contribution is -0.163. The number of hydrogen-bond donors (Lipinski definition) is 4. The summed E-state index contributed by atoms with van der Waals surface area (Å²) in [5.74, 6) is -2.26. The van der Waals surface area contributed by atoms with Crippen molar-refractivity contribution in [1.82, 2.24) is 20.9 Å². The highest BCUT2D eigenvalue weighted by Crippen LogP contribution is 2.49. The second-order valence-electron chi connectivity index (χ2n) is 13.3. The number of rotatable bonds is 12. The number of alkyl halides is 3. The molecule has 0 aromatic carbocycles. The number of primary amides is 1. The topological polar surface area (TPSA) is 143 Å². The number of urea groups is 1. The number of carbonyl (C=O) groups is 4. The molecule has 234 valence electrons. The smallest absolute Gasteiger partial charge is 0.364 e. The highest BCUT2D eigenvalue weighted by atomic mass is 19.4. The Hall–Kier alpha value is -2.41. The minimum atomic E-state index is -4.57. The third-order valence-corrected chi connectivity index (χ3v) is 9.00. The van der Waals surface area contributed by atoms with E-state index in [1.54, 1.807) is 0 Å². The number of carbonyl (C=O) groups excluding carboxylic acids is 4. The van der Waals surface area contributed by atoms with Gasteiger partial charge < -0.3 is 26.4 Å². The lowest BCUT2D eigenvalue weighted by Crippen LogP contribution is -2.64. The molecule has 3 fully saturated rings. The fraction of sp³-hybridized carbons (Fsp3) is 0.857. The van der Waals surface area contributed by atoms with Crippen molar-refractivity contribution in [3.05, 3.63) is 0 Å². The first-order valence-corrected chi connectivity index (χ1v) is 14.5. The number of nitrogens with two attached hydrogens (primary N) is 1. The Kier molecular flexibility index (Phi) is 10.0. The minimum absolute atomic E-state index is 0.0658.